The molecule has 290 valence electrons. The van der Waals surface area contributed by atoms with Gasteiger partial charge in [0.15, 0.2) is 6.29 Å². The Hall–Kier alpha value is -2.77. The summed E-state index contributed by atoms with van der Waals surface area (Å²) in [5, 5.41) is 26.2. The lowest BCUT2D eigenvalue weighted by atomic mass is 9.84. The second-order valence-corrected chi connectivity index (χ2v) is 14.0. The van der Waals surface area contributed by atoms with E-state index in [4.69, 9.17) is 31.9 Å². The van der Waals surface area contributed by atoms with E-state index < -0.39 is 28.3 Å². The van der Waals surface area contributed by atoms with Crippen LogP contribution >= 0.6 is 11.8 Å². The maximum Gasteiger partial charge on any atom is 0.305 e. The molecule has 1 rings (SSSR count). The van der Waals surface area contributed by atoms with Crippen LogP contribution in [0.5, 0.6) is 0 Å². The first-order valence-corrected chi connectivity index (χ1v) is 18.6. The third-order valence-electron chi connectivity index (χ3n) is 7.57. The summed E-state index contributed by atoms with van der Waals surface area (Å²) in [4.78, 5) is 74.0. The molecule has 0 aromatic heterocycles. The highest BCUT2D eigenvalue weighted by Gasteiger charge is 2.41. The number of unbranched alkanes of at least 4 members (excludes halogenated alkanes) is 1. The molecule has 0 aromatic carbocycles. The van der Waals surface area contributed by atoms with Gasteiger partial charge in [-0.2, -0.15) is 11.8 Å². The Balaban J connectivity index is 1.99. The molecule has 1 aliphatic heterocycles. The lowest BCUT2D eigenvalue weighted by molar-refractivity contribution is -0.183. The van der Waals surface area contributed by atoms with Crippen molar-refractivity contribution in [3.63, 3.8) is 0 Å². The fraction of sp³-hybridized carbons (Fsp3) is 0.818. The number of likely N-dealkylation sites (tertiary alicyclic amines) is 1. The summed E-state index contributed by atoms with van der Waals surface area (Å²) in [5.74, 6) is -2.00. The van der Waals surface area contributed by atoms with Crippen LogP contribution in [0.15, 0.2) is 0 Å². The van der Waals surface area contributed by atoms with Gasteiger partial charge in [0.1, 0.15) is 6.61 Å². The normalized spacial score (nSPS) is 16.7. The zero-order chi connectivity index (χ0) is 38.1. The highest BCUT2D eigenvalue weighted by molar-refractivity contribution is 8.03. The van der Waals surface area contributed by atoms with Gasteiger partial charge >= 0.3 is 5.97 Å². The monoisotopic (exact) mass is 744 g/mol. The fourth-order valence-electron chi connectivity index (χ4n) is 4.68. The van der Waals surface area contributed by atoms with Crippen molar-refractivity contribution >= 4 is 55.1 Å². The molecule has 3 unspecified atom stereocenters. The largest absolute Gasteiger partial charge is 0.460 e. The lowest BCUT2D eigenvalue weighted by Gasteiger charge is -2.27. The molecular weight excluding hydrogens is 687 g/mol. The van der Waals surface area contributed by atoms with Crippen LogP contribution < -0.4 is 16.0 Å². The molecule has 4 atom stereocenters. The van der Waals surface area contributed by atoms with Crippen LogP contribution in [0.25, 0.3) is 0 Å². The van der Waals surface area contributed by atoms with E-state index in [0.717, 1.165) is 24.2 Å². The van der Waals surface area contributed by atoms with E-state index in [1.165, 1.54) is 11.8 Å². The smallest absolute Gasteiger partial charge is 0.305 e. The molecule has 0 bridgehead atoms. The van der Waals surface area contributed by atoms with Gasteiger partial charge in [0.05, 0.1) is 52.2 Å². The average molecular weight is 745 g/mol. The van der Waals surface area contributed by atoms with Gasteiger partial charge < -0.3 is 45.1 Å². The molecule has 5 N–H and O–H groups in total. The summed E-state index contributed by atoms with van der Waals surface area (Å²) in [6.07, 6.45) is 1.82. The first kappa shape index (κ1) is 46.3. The lowest BCUT2D eigenvalue weighted by Crippen LogP contribution is -2.37. The molecule has 0 saturated carbocycles. The van der Waals surface area contributed by atoms with Crippen molar-refractivity contribution in [2.24, 2.45) is 0 Å². The number of ether oxygens (including phenoxy) is 4. The predicted molar refractivity (Wildman–Crippen MR) is 189 cm³/mol. The van der Waals surface area contributed by atoms with Gasteiger partial charge in [-0.1, -0.05) is 33.6 Å². The third-order valence-corrected chi connectivity index (χ3v) is 8.96. The summed E-state index contributed by atoms with van der Waals surface area (Å²) in [6.45, 7) is 6.73. The maximum absolute atomic E-state index is 12.7. The van der Waals surface area contributed by atoms with E-state index in [2.05, 4.69) is 22.9 Å². The minimum absolute atomic E-state index is 0.00222. The number of esters is 1. The molecule has 1 fully saturated rings. The Kier molecular flexibility index (Phi) is 24.4. The van der Waals surface area contributed by atoms with Crippen molar-refractivity contribution in [1.29, 1.82) is 0 Å². The number of aliphatic hydroxyl groups is 2. The molecule has 51 heavy (non-hydrogen) atoms. The van der Waals surface area contributed by atoms with Gasteiger partial charge in [0.2, 0.25) is 29.5 Å². The van der Waals surface area contributed by atoms with Crippen molar-refractivity contribution in [2.45, 2.75) is 107 Å². The van der Waals surface area contributed by atoms with Gasteiger partial charge in [-0.3, -0.25) is 33.7 Å². The zero-order valence-electron chi connectivity index (χ0n) is 30.3. The van der Waals surface area contributed by atoms with E-state index in [-0.39, 0.29) is 134 Å². The van der Waals surface area contributed by atoms with E-state index >= 15 is 0 Å². The minimum atomic E-state index is -1.34. The van der Waals surface area contributed by atoms with Gasteiger partial charge in [-0.25, -0.2) is 0 Å². The molecule has 16 nitrogen and oxygen atoms in total. The van der Waals surface area contributed by atoms with Crippen LogP contribution in [-0.2, 0) is 47.7 Å². The molecule has 1 saturated heterocycles. The third kappa shape index (κ3) is 22.0. The number of hydrogen-bond donors (Lipinski definition) is 5. The van der Waals surface area contributed by atoms with Crippen molar-refractivity contribution in [2.75, 3.05) is 65.8 Å². The number of hydrogen-bond acceptors (Lipinski definition) is 13. The number of imide groups is 1. The number of thioether (sulfide) groups is 1. The average Bonchev–Trinajstić information content (AvgIpc) is 3.35. The van der Waals surface area contributed by atoms with E-state index in [1.54, 1.807) is 6.92 Å². The van der Waals surface area contributed by atoms with Crippen LogP contribution in [0.1, 0.15) is 85.0 Å². The summed E-state index contributed by atoms with van der Waals surface area (Å²) < 4.78 is 20.2. The molecule has 1 aliphatic rings. The molecule has 0 aromatic rings. The Morgan fingerprint density at radius 3 is 2.20 bits per heavy atom. The number of carbonyl (C=O) groups is 6. The summed E-state index contributed by atoms with van der Waals surface area (Å²) in [7, 11) is 6.30. The first-order chi connectivity index (χ1) is 24.3. The maximum atomic E-state index is 12.7. The predicted octanol–water partition coefficient (Wildman–Crippen LogP) is -0.0966. The van der Waals surface area contributed by atoms with Crippen molar-refractivity contribution in [3.05, 3.63) is 0 Å². The number of amides is 5. The topological polar surface area (TPSA) is 219 Å². The van der Waals surface area contributed by atoms with Crippen LogP contribution in [0.2, 0.25) is 0 Å². The van der Waals surface area contributed by atoms with E-state index in [9.17, 15) is 33.9 Å². The molecule has 5 amide bonds. The standard InChI is InChI=1S/C33H57BN4O12S/c1-4-6-12-33(3,34)51-25-21-29(43)38(32(25)46)16-10-27(41)37-15-18-48-20-19-47-17-11-28(42)36-14-13-35-26(40)8-7-9-30(44)49-23-31(45)50-24(5-2)22-39/h24-25,31,39,45H,4-23H2,1-3H3,(H,35,40)(H,36,42)(H,37,41)/t24?,25?,31?,33-/m0/s1. The van der Waals surface area contributed by atoms with Crippen molar-refractivity contribution < 1.29 is 57.9 Å². The molecule has 2 radical (unpaired) electrons. The minimum Gasteiger partial charge on any atom is -0.460 e. The number of nitrogens with one attached hydrogen (secondary N) is 3. The number of rotatable bonds is 30. The van der Waals surface area contributed by atoms with Gasteiger partial charge in [-0.15, -0.1) is 0 Å². The molecule has 1 heterocycles. The van der Waals surface area contributed by atoms with Gasteiger partial charge in [0, 0.05) is 58.3 Å². The van der Waals surface area contributed by atoms with Crippen LogP contribution in [0.3, 0.4) is 0 Å². The Morgan fingerprint density at radius 2 is 1.55 bits per heavy atom. The summed E-state index contributed by atoms with van der Waals surface area (Å²) in [5.41, 5.74) is 0. The van der Waals surface area contributed by atoms with Crippen molar-refractivity contribution in [3.8, 4) is 0 Å². The Bertz CT molecular complexity index is 1080. The zero-order valence-corrected chi connectivity index (χ0v) is 31.1. The number of nitrogens with zero attached hydrogens (tertiary/aromatic N) is 1. The highest BCUT2D eigenvalue weighted by Crippen LogP contribution is 2.36. The quantitative estimate of drug-likeness (QED) is 0.0214. The van der Waals surface area contributed by atoms with Crippen LogP contribution in [0.4, 0.5) is 0 Å². The number of carbonyl (C=O) groups excluding carboxylic acids is 6. The van der Waals surface area contributed by atoms with E-state index in [0.29, 0.717) is 6.42 Å². The van der Waals surface area contributed by atoms with Crippen molar-refractivity contribution in [1.82, 2.24) is 20.9 Å². The SMILES string of the molecule is [B][C@](C)(CCCC)SC1CC(=O)N(CCC(=O)NCCOCCOCCC(=O)NCCNC(=O)CCCC(=O)OCC(O)OC(CC)CO)C1=O. The molecule has 18 heteroatoms. The summed E-state index contributed by atoms with van der Waals surface area (Å²) in [6, 6.07) is 0. The Morgan fingerprint density at radius 1 is 0.922 bits per heavy atom. The fourth-order valence-corrected chi connectivity index (χ4v) is 6.05. The Labute approximate surface area is 306 Å². The second-order valence-electron chi connectivity index (χ2n) is 12.2. The van der Waals surface area contributed by atoms with Gasteiger partial charge in [-0.05, 0) is 23.9 Å². The number of aliphatic hydroxyl groups excluding tert-OH is 2. The molecular formula is C33H57BN4O12S. The van der Waals surface area contributed by atoms with Crippen LogP contribution in [0, 0.1) is 0 Å². The first-order valence-electron chi connectivity index (χ1n) is 17.7. The highest BCUT2D eigenvalue weighted by atomic mass is 32.2. The molecule has 0 spiro atoms. The van der Waals surface area contributed by atoms with Crippen LogP contribution in [-0.4, -0.2) is 147 Å². The molecule has 0 aliphatic carbocycles. The summed E-state index contributed by atoms with van der Waals surface area (Å²) >= 11 is 1.32. The van der Waals surface area contributed by atoms with E-state index in [1.807, 2.05) is 6.92 Å². The second kappa shape index (κ2) is 26.9. The van der Waals surface area contributed by atoms with Gasteiger partial charge in [0.25, 0.3) is 0 Å².